The minimum Gasteiger partial charge on any atom is -0.454 e. The molecule has 58 heavy (non-hydrogen) atoms. The van der Waals surface area contributed by atoms with Gasteiger partial charge in [0.2, 0.25) is 0 Å². The number of hydrogen-bond acceptors (Lipinski definition) is 3. The standard InChI is InChI=1S/C52H37N5O/c1-52(2,3)32-24-26-36-35-25-23-31(28-43(35)57(44(36)29-32)46-22-11-12-27-53-46)40-30-41-37-17-8-10-21-45(37)58-50(41)49-48(40)55-51(56(49)33-14-5-4-6-15-33)39-19-13-18-38-34-16-7-9-20-42(34)54-47(38)39/h4-30,54H,1-3H3. The van der Waals surface area contributed by atoms with E-state index in [9.17, 15) is 0 Å². The molecule has 12 rings (SSSR count). The van der Waals surface area contributed by atoms with E-state index >= 15 is 0 Å². The van der Waals surface area contributed by atoms with Crippen LogP contribution in [0.1, 0.15) is 26.3 Å². The van der Waals surface area contributed by atoms with Crippen molar-refractivity contribution in [1.82, 2.24) is 24.1 Å². The Bertz CT molecular complexity index is 3600. The molecule has 5 heterocycles. The van der Waals surface area contributed by atoms with Crippen molar-refractivity contribution in [1.29, 1.82) is 0 Å². The summed E-state index contributed by atoms with van der Waals surface area (Å²) in [5.74, 6) is 1.72. The molecule has 0 aliphatic carbocycles. The second kappa shape index (κ2) is 12.0. The van der Waals surface area contributed by atoms with Gasteiger partial charge in [-0.25, -0.2) is 9.97 Å². The lowest BCUT2D eigenvalue weighted by atomic mass is 9.86. The van der Waals surface area contributed by atoms with Crippen LogP contribution in [0.5, 0.6) is 0 Å². The summed E-state index contributed by atoms with van der Waals surface area (Å²) in [5, 5.41) is 6.84. The first-order chi connectivity index (χ1) is 28.4. The van der Waals surface area contributed by atoms with E-state index in [4.69, 9.17) is 14.4 Å². The molecule has 0 unspecified atom stereocenters. The van der Waals surface area contributed by atoms with Crippen LogP contribution in [0.2, 0.25) is 0 Å². The van der Waals surface area contributed by atoms with Crippen LogP contribution in [0.25, 0.3) is 111 Å². The Morgan fingerprint density at radius 3 is 2.14 bits per heavy atom. The number of aromatic amines is 1. The topological polar surface area (TPSA) is 64.6 Å². The Balaban J connectivity index is 1.22. The summed E-state index contributed by atoms with van der Waals surface area (Å²) in [4.78, 5) is 14.3. The second-order valence-electron chi connectivity index (χ2n) is 16.3. The molecular weight excluding hydrogens is 711 g/mol. The van der Waals surface area contributed by atoms with Gasteiger partial charge >= 0.3 is 0 Å². The predicted molar refractivity (Wildman–Crippen MR) is 239 cm³/mol. The average molecular weight is 748 g/mol. The minimum absolute atomic E-state index is 0.00833. The number of fused-ring (bicyclic) bond motifs is 11. The van der Waals surface area contributed by atoms with Crippen LogP contribution in [-0.2, 0) is 5.41 Å². The summed E-state index contributed by atoms with van der Waals surface area (Å²) < 4.78 is 11.5. The maximum absolute atomic E-state index is 6.85. The van der Waals surface area contributed by atoms with E-state index in [1.54, 1.807) is 0 Å². The Kier molecular flexibility index (Phi) is 6.80. The molecule has 276 valence electrons. The maximum Gasteiger partial charge on any atom is 0.161 e. The number of hydrogen-bond donors (Lipinski definition) is 1. The van der Waals surface area contributed by atoms with E-state index in [0.29, 0.717) is 0 Å². The Morgan fingerprint density at radius 1 is 0.569 bits per heavy atom. The lowest BCUT2D eigenvalue weighted by Crippen LogP contribution is -2.10. The molecule has 0 atom stereocenters. The Labute approximate surface area is 333 Å². The molecule has 0 aliphatic rings. The highest BCUT2D eigenvalue weighted by atomic mass is 16.3. The van der Waals surface area contributed by atoms with E-state index in [1.807, 2.05) is 18.3 Å². The number of H-pyrrole nitrogens is 1. The maximum atomic E-state index is 6.85. The van der Waals surface area contributed by atoms with Gasteiger partial charge in [0, 0.05) is 60.8 Å². The zero-order valence-corrected chi connectivity index (χ0v) is 32.3. The number of benzene rings is 7. The van der Waals surface area contributed by atoms with Gasteiger partial charge in [0.05, 0.1) is 16.6 Å². The van der Waals surface area contributed by atoms with E-state index in [-0.39, 0.29) is 5.41 Å². The molecule has 0 saturated heterocycles. The molecule has 0 saturated carbocycles. The molecule has 6 nitrogen and oxygen atoms in total. The number of para-hydroxylation sites is 4. The Morgan fingerprint density at radius 2 is 1.31 bits per heavy atom. The van der Waals surface area contributed by atoms with Crippen molar-refractivity contribution in [3.8, 4) is 34.0 Å². The van der Waals surface area contributed by atoms with E-state index in [0.717, 1.165) is 94.4 Å². The summed E-state index contributed by atoms with van der Waals surface area (Å²) in [7, 11) is 0. The quantitative estimate of drug-likeness (QED) is 0.195. The van der Waals surface area contributed by atoms with E-state index < -0.39 is 0 Å². The zero-order chi connectivity index (χ0) is 38.7. The number of pyridine rings is 1. The number of imidazole rings is 1. The molecule has 6 heteroatoms. The van der Waals surface area contributed by atoms with Crippen LogP contribution in [0.3, 0.4) is 0 Å². The van der Waals surface area contributed by atoms with E-state index in [1.165, 1.54) is 21.7 Å². The molecule has 5 aromatic heterocycles. The first-order valence-corrected chi connectivity index (χ1v) is 19.8. The van der Waals surface area contributed by atoms with Gasteiger partial charge in [0.15, 0.2) is 5.58 Å². The lowest BCUT2D eigenvalue weighted by molar-refractivity contribution is 0.591. The normalized spacial score (nSPS) is 12.4. The second-order valence-corrected chi connectivity index (χ2v) is 16.3. The number of furan rings is 1. The average Bonchev–Trinajstić information content (AvgIpc) is 4.02. The molecule has 0 aliphatic heterocycles. The first kappa shape index (κ1) is 32.8. The van der Waals surface area contributed by atoms with Crippen LogP contribution in [0, 0.1) is 0 Å². The molecule has 12 aromatic rings. The molecule has 0 fully saturated rings. The van der Waals surface area contributed by atoms with Crippen LogP contribution >= 0.6 is 0 Å². The fourth-order valence-corrected chi connectivity index (χ4v) is 9.09. The fraction of sp³-hybridized carbons (Fsp3) is 0.0769. The third-order valence-corrected chi connectivity index (χ3v) is 11.9. The molecule has 0 spiro atoms. The largest absolute Gasteiger partial charge is 0.454 e. The molecule has 0 radical (unpaired) electrons. The number of aromatic nitrogens is 5. The van der Waals surface area contributed by atoms with Crippen LogP contribution in [-0.4, -0.2) is 24.1 Å². The van der Waals surface area contributed by atoms with Gasteiger partial charge in [-0.15, -0.1) is 0 Å². The van der Waals surface area contributed by atoms with Gasteiger partial charge < -0.3 is 9.40 Å². The van der Waals surface area contributed by atoms with Crippen molar-refractivity contribution in [3.05, 3.63) is 169 Å². The smallest absolute Gasteiger partial charge is 0.161 e. The SMILES string of the molecule is CC(C)(C)c1ccc2c3ccc(-c4cc5c6ccccc6oc5c5c4nc(-c4cccc6c4[nH]c4ccccc46)n5-c4ccccc4)cc3n(-c3ccccn3)c2c1. The third kappa shape index (κ3) is 4.72. The lowest BCUT2D eigenvalue weighted by Gasteiger charge is -2.19. The molecular formula is C52H37N5O. The monoisotopic (exact) mass is 747 g/mol. The highest BCUT2D eigenvalue weighted by Gasteiger charge is 2.26. The number of nitrogens with one attached hydrogen (secondary N) is 1. The van der Waals surface area contributed by atoms with E-state index in [2.05, 4.69) is 180 Å². The van der Waals surface area contributed by atoms with Crippen molar-refractivity contribution in [2.24, 2.45) is 0 Å². The summed E-state index contributed by atoms with van der Waals surface area (Å²) >= 11 is 0. The first-order valence-electron chi connectivity index (χ1n) is 19.8. The van der Waals surface area contributed by atoms with Crippen molar-refractivity contribution < 1.29 is 4.42 Å². The van der Waals surface area contributed by atoms with Crippen LogP contribution in [0.15, 0.2) is 168 Å². The Hall–Kier alpha value is -7.44. The van der Waals surface area contributed by atoms with Crippen LogP contribution < -0.4 is 0 Å². The summed E-state index contributed by atoms with van der Waals surface area (Å²) in [6, 6.07) is 56.0. The van der Waals surface area contributed by atoms with Crippen molar-refractivity contribution in [2.45, 2.75) is 26.2 Å². The third-order valence-electron chi connectivity index (χ3n) is 11.9. The summed E-state index contributed by atoms with van der Waals surface area (Å²) in [5.41, 5.74) is 13.2. The fourth-order valence-electron chi connectivity index (χ4n) is 9.09. The van der Waals surface area contributed by atoms with Gasteiger partial charge in [0.25, 0.3) is 0 Å². The van der Waals surface area contributed by atoms with Gasteiger partial charge in [-0.05, 0) is 77.2 Å². The van der Waals surface area contributed by atoms with Gasteiger partial charge in [-0.3, -0.25) is 9.13 Å². The zero-order valence-electron chi connectivity index (χ0n) is 32.3. The van der Waals surface area contributed by atoms with Crippen molar-refractivity contribution in [3.63, 3.8) is 0 Å². The van der Waals surface area contributed by atoms with Gasteiger partial charge in [-0.2, -0.15) is 0 Å². The highest BCUT2D eigenvalue weighted by molar-refractivity contribution is 6.20. The highest BCUT2D eigenvalue weighted by Crippen LogP contribution is 2.45. The summed E-state index contributed by atoms with van der Waals surface area (Å²) in [6.45, 7) is 6.80. The van der Waals surface area contributed by atoms with Crippen LogP contribution in [0.4, 0.5) is 0 Å². The molecule has 1 N–H and O–H groups in total. The molecule has 0 bridgehead atoms. The minimum atomic E-state index is -0.00833. The van der Waals surface area contributed by atoms with Crippen molar-refractivity contribution >= 4 is 76.6 Å². The van der Waals surface area contributed by atoms with Crippen molar-refractivity contribution in [2.75, 3.05) is 0 Å². The summed E-state index contributed by atoms with van der Waals surface area (Å²) in [6.07, 6.45) is 1.87. The number of rotatable bonds is 4. The van der Waals surface area contributed by atoms with Gasteiger partial charge in [-0.1, -0.05) is 118 Å². The predicted octanol–water partition coefficient (Wildman–Crippen LogP) is 13.7. The molecule has 7 aromatic carbocycles. The van der Waals surface area contributed by atoms with Gasteiger partial charge in [0.1, 0.15) is 28.3 Å². The number of nitrogens with zero attached hydrogens (tertiary/aromatic N) is 4. The molecule has 0 amide bonds.